The van der Waals surface area contributed by atoms with Crippen LogP contribution in [0.1, 0.15) is 35.4 Å². The minimum Gasteiger partial charge on any atom is -0.480 e. The Morgan fingerprint density at radius 1 is 1.03 bits per heavy atom. The highest BCUT2D eigenvalue weighted by atomic mass is 16.5. The summed E-state index contributed by atoms with van der Waals surface area (Å²) < 4.78 is 9.01. The summed E-state index contributed by atoms with van der Waals surface area (Å²) in [6.07, 6.45) is 9.23. The molecule has 1 N–H and O–H groups in total. The summed E-state index contributed by atoms with van der Waals surface area (Å²) in [5.41, 5.74) is 5.07. The summed E-state index contributed by atoms with van der Waals surface area (Å²) >= 11 is 0. The van der Waals surface area contributed by atoms with Crippen molar-refractivity contribution in [3.63, 3.8) is 0 Å². The molecule has 4 aromatic rings. The van der Waals surface area contributed by atoms with Gasteiger partial charge in [-0.05, 0) is 49.2 Å². The van der Waals surface area contributed by atoms with Gasteiger partial charge >= 0.3 is 0 Å². The molecule has 2 aliphatic rings. The molecule has 1 saturated heterocycles. The molecular weight excluding hydrogens is 454 g/mol. The summed E-state index contributed by atoms with van der Waals surface area (Å²) in [5.74, 6) is 2.13. The summed E-state index contributed by atoms with van der Waals surface area (Å²) in [7, 11) is 1.60. The van der Waals surface area contributed by atoms with Crippen molar-refractivity contribution >= 4 is 17.1 Å². The number of nitrogens with one attached hydrogen (secondary N) is 1. The van der Waals surface area contributed by atoms with Gasteiger partial charge in [0.25, 0.3) is 0 Å². The van der Waals surface area contributed by atoms with Gasteiger partial charge in [-0.1, -0.05) is 18.2 Å². The summed E-state index contributed by atoms with van der Waals surface area (Å²) in [5, 5.41) is 21.0. The standard InChI is InChI=1S/C26H29N9O/c1-36-25-8-7-23-30-31-24(35(23)32-25)14-19-5-4-6-20(13-19)26-27-15-21(16-28-26)22-17-29-34(18-22)12-11-33-9-2-3-10-33/h4-8,13,15,17-18H,2-3,9-12,14,16H2,1H3,(H,27,28). The van der Waals surface area contributed by atoms with Crippen LogP contribution in [0.2, 0.25) is 0 Å². The number of ether oxygens (including phenoxy) is 1. The predicted octanol–water partition coefficient (Wildman–Crippen LogP) is 2.41. The Hall–Kier alpha value is -4.05. The Labute approximate surface area is 209 Å². The molecule has 36 heavy (non-hydrogen) atoms. The molecule has 10 nitrogen and oxygen atoms in total. The number of hydrogen-bond donors (Lipinski definition) is 1. The third kappa shape index (κ3) is 4.72. The topological polar surface area (TPSA) is 97.8 Å². The van der Waals surface area contributed by atoms with E-state index in [1.54, 1.807) is 17.7 Å². The zero-order valence-electron chi connectivity index (χ0n) is 20.3. The fourth-order valence-electron chi connectivity index (χ4n) is 4.71. The minimum atomic E-state index is 0.526. The van der Waals surface area contributed by atoms with Gasteiger partial charge in [0.15, 0.2) is 11.5 Å². The maximum Gasteiger partial charge on any atom is 0.231 e. The van der Waals surface area contributed by atoms with Gasteiger partial charge in [0.1, 0.15) is 5.84 Å². The molecule has 3 aromatic heterocycles. The number of benzene rings is 1. The second-order valence-electron chi connectivity index (χ2n) is 9.17. The van der Waals surface area contributed by atoms with Gasteiger partial charge in [0, 0.05) is 49.1 Å². The zero-order chi connectivity index (χ0) is 24.3. The van der Waals surface area contributed by atoms with Gasteiger partial charge in [-0.15, -0.1) is 15.3 Å². The number of likely N-dealkylation sites (tertiary alicyclic amines) is 1. The number of aromatic nitrogens is 6. The molecule has 1 aromatic carbocycles. The van der Waals surface area contributed by atoms with E-state index in [0.29, 0.717) is 24.5 Å². The average Bonchev–Trinajstić information content (AvgIpc) is 3.69. The van der Waals surface area contributed by atoms with Crippen molar-refractivity contribution in [1.29, 1.82) is 0 Å². The maximum absolute atomic E-state index is 5.25. The van der Waals surface area contributed by atoms with E-state index in [-0.39, 0.29) is 0 Å². The van der Waals surface area contributed by atoms with Gasteiger partial charge in [-0.25, -0.2) is 4.99 Å². The summed E-state index contributed by atoms with van der Waals surface area (Å²) in [6, 6.07) is 11.9. The van der Waals surface area contributed by atoms with Crippen molar-refractivity contribution in [2.75, 3.05) is 33.3 Å². The second kappa shape index (κ2) is 9.90. The van der Waals surface area contributed by atoms with E-state index in [1.807, 2.05) is 29.2 Å². The normalized spacial score (nSPS) is 16.1. The average molecular weight is 484 g/mol. The lowest BCUT2D eigenvalue weighted by Crippen LogP contribution is -2.28. The van der Waals surface area contributed by atoms with E-state index < -0.39 is 0 Å². The lowest BCUT2D eigenvalue weighted by Gasteiger charge is -2.16. The van der Waals surface area contributed by atoms with Crippen LogP contribution in [0, 0.1) is 0 Å². The van der Waals surface area contributed by atoms with Crippen molar-refractivity contribution in [3.05, 3.63) is 77.5 Å². The molecule has 0 atom stereocenters. The molecule has 0 bridgehead atoms. The monoisotopic (exact) mass is 483 g/mol. The highest BCUT2D eigenvalue weighted by Crippen LogP contribution is 2.18. The maximum atomic E-state index is 5.25. The lowest BCUT2D eigenvalue weighted by atomic mass is 10.1. The molecule has 6 rings (SSSR count). The Morgan fingerprint density at radius 3 is 2.78 bits per heavy atom. The third-order valence-corrected chi connectivity index (χ3v) is 6.72. The van der Waals surface area contributed by atoms with Gasteiger partial charge in [0.2, 0.25) is 5.88 Å². The van der Waals surface area contributed by atoms with E-state index in [9.17, 15) is 0 Å². The van der Waals surface area contributed by atoms with Gasteiger partial charge in [-0.2, -0.15) is 9.61 Å². The van der Waals surface area contributed by atoms with Gasteiger partial charge in [0.05, 0.1) is 19.9 Å². The van der Waals surface area contributed by atoms with Crippen LogP contribution < -0.4 is 10.1 Å². The number of hydrogen-bond acceptors (Lipinski definition) is 8. The van der Waals surface area contributed by atoms with Crippen molar-refractivity contribution in [3.8, 4) is 5.88 Å². The quantitative estimate of drug-likeness (QED) is 0.411. The summed E-state index contributed by atoms with van der Waals surface area (Å²) in [6.45, 7) is 5.11. The number of nitrogens with zero attached hydrogens (tertiary/aromatic N) is 8. The van der Waals surface area contributed by atoms with Crippen molar-refractivity contribution in [2.24, 2.45) is 4.99 Å². The van der Waals surface area contributed by atoms with E-state index in [1.165, 1.54) is 25.9 Å². The van der Waals surface area contributed by atoms with E-state index in [2.05, 4.69) is 55.0 Å². The highest BCUT2D eigenvalue weighted by Gasteiger charge is 2.15. The molecule has 184 valence electrons. The Balaban J connectivity index is 1.15. The van der Waals surface area contributed by atoms with Crippen LogP contribution in [0.15, 0.2) is 60.0 Å². The molecule has 0 spiro atoms. The van der Waals surface area contributed by atoms with Crippen LogP contribution in [-0.4, -0.2) is 73.6 Å². The van der Waals surface area contributed by atoms with Gasteiger partial charge in [-0.3, -0.25) is 4.68 Å². The van der Waals surface area contributed by atoms with Crippen molar-refractivity contribution in [1.82, 2.24) is 39.8 Å². The third-order valence-electron chi connectivity index (χ3n) is 6.72. The molecule has 0 saturated carbocycles. The molecule has 1 fully saturated rings. The smallest absolute Gasteiger partial charge is 0.231 e. The summed E-state index contributed by atoms with van der Waals surface area (Å²) in [4.78, 5) is 7.23. The first-order valence-electron chi connectivity index (χ1n) is 12.4. The zero-order valence-corrected chi connectivity index (χ0v) is 20.3. The SMILES string of the molecule is COc1ccc2nnc(Cc3cccc(C4=NC=C(c5cnn(CCN6CCCC6)c5)CN4)c3)n2n1. The van der Waals surface area contributed by atoms with E-state index in [4.69, 9.17) is 9.73 Å². The molecule has 10 heteroatoms. The first kappa shape index (κ1) is 22.4. The van der Waals surface area contributed by atoms with Crippen molar-refractivity contribution < 1.29 is 4.74 Å². The van der Waals surface area contributed by atoms with Crippen molar-refractivity contribution in [2.45, 2.75) is 25.8 Å². The molecule has 0 unspecified atom stereocenters. The van der Waals surface area contributed by atoms with E-state index in [0.717, 1.165) is 47.0 Å². The van der Waals surface area contributed by atoms with Crippen LogP contribution in [0.25, 0.3) is 11.2 Å². The Kier molecular flexibility index (Phi) is 6.17. The number of aliphatic imine (C=N–C) groups is 1. The molecule has 5 heterocycles. The second-order valence-corrected chi connectivity index (χ2v) is 9.17. The number of methoxy groups -OCH3 is 1. The van der Waals surface area contributed by atoms with Crippen LogP contribution in [0.4, 0.5) is 0 Å². The molecule has 2 aliphatic heterocycles. The molecule has 0 radical (unpaired) electrons. The Morgan fingerprint density at radius 2 is 1.94 bits per heavy atom. The van der Waals surface area contributed by atoms with Crippen LogP contribution in [0.5, 0.6) is 5.88 Å². The highest BCUT2D eigenvalue weighted by molar-refractivity contribution is 6.01. The Bertz CT molecular complexity index is 1430. The largest absolute Gasteiger partial charge is 0.480 e. The number of rotatable bonds is 8. The fourth-order valence-corrected chi connectivity index (χ4v) is 4.71. The number of fused-ring (bicyclic) bond motifs is 1. The van der Waals surface area contributed by atoms with Crippen LogP contribution in [0.3, 0.4) is 0 Å². The van der Waals surface area contributed by atoms with E-state index >= 15 is 0 Å². The lowest BCUT2D eigenvalue weighted by molar-refractivity contribution is 0.316. The van der Waals surface area contributed by atoms with Crippen LogP contribution >= 0.6 is 0 Å². The minimum absolute atomic E-state index is 0.526. The number of amidine groups is 1. The predicted molar refractivity (Wildman–Crippen MR) is 137 cm³/mol. The molecule has 0 aliphatic carbocycles. The molecular formula is C26H29N9O. The molecule has 0 amide bonds. The first-order chi connectivity index (χ1) is 17.7. The first-order valence-corrected chi connectivity index (χ1v) is 12.4. The van der Waals surface area contributed by atoms with Gasteiger partial charge < -0.3 is 15.0 Å². The fraction of sp³-hybridized carbons (Fsp3) is 0.346. The van der Waals surface area contributed by atoms with Crippen LogP contribution in [-0.2, 0) is 13.0 Å².